The predicted molar refractivity (Wildman–Crippen MR) is 106 cm³/mol. The molecule has 1 rings (SSSR count). The van der Waals surface area contributed by atoms with Crippen molar-refractivity contribution in [1.29, 1.82) is 0 Å². The van der Waals surface area contributed by atoms with Gasteiger partial charge in [0.25, 0.3) is 6.47 Å². The summed E-state index contributed by atoms with van der Waals surface area (Å²) in [5.41, 5.74) is 2.24. The molecule has 2 atom stereocenters. The first-order valence-electron chi connectivity index (χ1n) is 8.52. The Balaban J connectivity index is 0.000000462. The van der Waals surface area contributed by atoms with E-state index in [1.807, 2.05) is 6.92 Å². The van der Waals surface area contributed by atoms with Crippen molar-refractivity contribution in [3.05, 3.63) is 72.1 Å². The fraction of sp³-hybridized carbons (Fsp3) is 0.409. The molecule has 0 N–H and O–H groups in total. The summed E-state index contributed by atoms with van der Waals surface area (Å²) in [7, 11) is 1.59. The quantitative estimate of drug-likeness (QED) is 0.251. The smallest absolute Gasteiger partial charge is 0.293 e. The average molecular weight is 344 g/mol. The summed E-state index contributed by atoms with van der Waals surface area (Å²) in [5, 5.41) is 0. The third-order valence-electron chi connectivity index (χ3n) is 3.72. The van der Waals surface area contributed by atoms with Gasteiger partial charge in [-0.15, -0.1) is 0 Å². The maximum absolute atomic E-state index is 9.90. The minimum absolute atomic E-state index is 0.237. The molecule has 0 aromatic heterocycles. The van der Waals surface area contributed by atoms with Gasteiger partial charge in [0.05, 0.1) is 12.9 Å². The van der Waals surface area contributed by atoms with Crippen LogP contribution in [0.2, 0.25) is 0 Å². The molecule has 3 heteroatoms. The summed E-state index contributed by atoms with van der Waals surface area (Å²) in [4.78, 5) is 9.90. The van der Waals surface area contributed by atoms with Crippen molar-refractivity contribution in [3.63, 3.8) is 0 Å². The van der Waals surface area contributed by atoms with Crippen LogP contribution in [0.5, 0.6) is 0 Å². The normalized spacial score (nSPS) is 17.7. The predicted octanol–water partition coefficient (Wildman–Crippen LogP) is 5.54. The van der Waals surface area contributed by atoms with Crippen LogP contribution in [-0.4, -0.2) is 20.2 Å². The minimum Gasteiger partial charge on any atom is -0.501 e. The highest BCUT2D eigenvalue weighted by Crippen LogP contribution is 2.22. The second kappa shape index (κ2) is 14.1. The molecule has 3 nitrogen and oxygen atoms in total. The highest BCUT2D eigenvalue weighted by molar-refractivity contribution is 5.38. The van der Waals surface area contributed by atoms with Crippen LogP contribution in [0.1, 0.15) is 34.1 Å². The first-order valence-corrected chi connectivity index (χ1v) is 8.52. The van der Waals surface area contributed by atoms with Gasteiger partial charge >= 0.3 is 0 Å². The Hall–Kier alpha value is -2.29. The largest absolute Gasteiger partial charge is 0.501 e. The Morgan fingerprint density at radius 3 is 2.48 bits per heavy atom. The van der Waals surface area contributed by atoms with Crippen molar-refractivity contribution in [3.8, 4) is 0 Å². The maximum atomic E-state index is 9.90. The molecule has 0 aromatic rings. The summed E-state index contributed by atoms with van der Waals surface area (Å²) in [5.74, 6) is 2.17. The van der Waals surface area contributed by atoms with Crippen LogP contribution in [0.25, 0.3) is 0 Å². The highest BCUT2D eigenvalue weighted by atomic mass is 16.5. The summed E-state index contributed by atoms with van der Waals surface area (Å²) < 4.78 is 9.48. The van der Waals surface area contributed by atoms with Gasteiger partial charge in [-0.1, -0.05) is 61.6 Å². The van der Waals surface area contributed by atoms with Gasteiger partial charge < -0.3 is 9.47 Å². The standard InChI is InChI=1S/C12H18.C10H14O3/c1-10(2)9-11(3)12-7-5-4-6-8-12;1-4-10(7-13-8-11)6-5-9(2)12-3/h4-7,9,11-12H,8H2,1-3H3;4-6,8H,1,7H2,2-3H3/b;9-5+,10-6+. The molecule has 0 heterocycles. The Bertz CT molecular complexity index is 544. The lowest BCUT2D eigenvalue weighted by Crippen LogP contribution is -2.07. The Kier molecular flexibility index (Phi) is 12.8. The Morgan fingerprint density at radius 2 is 2.00 bits per heavy atom. The summed E-state index contributed by atoms with van der Waals surface area (Å²) in [6.45, 7) is 12.7. The number of hydrogen-bond acceptors (Lipinski definition) is 3. The first kappa shape index (κ1) is 22.7. The van der Waals surface area contributed by atoms with Gasteiger partial charge in [0.15, 0.2) is 0 Å². The number of ether oxygens (including phenoxy) is 2. The van der Waals surface area contributed by atoms with Crippen LogP contribution in [0.15, 0.2) is 72.1 Å². The molecule has 0 fully saturated rings. The molecular formula is C22H32O3. The zero-order valence-electron chi connectivity index (χ0n) is 16.2. The number of methoxy groups -OCH3 is 1. The number of hydrogen-bond donors (Lipinski definition) is 0. The van der Waals surface area contributed by atoms with Gasteiger partial charge in [0.2, 0.25) is 0 Å². The fourth-order valence-corrected chi connectivity index (χ4v) is 2.24. The van der Waals surface area contributed by atoms with E-state index in [1.165, 1.54) is 12.0 Å². The second-order valence-corrected chi connectivity index (χ2v) is 6.15. The minimum atomic E-state index is 0.237. The zero-order valence-corrected chi connectivity index (χ0v) is 16.2. The summed E-state index contributed by atoms with van der Waals surface area (Å²) in [6, 6.07) is 0. The molecule has 0 saturated carbocycles. The summed E-state index contributed by atoms with van der Waals surface area (Å²) in [6.07, 6.45) is 17.6. The van der Waals surface area contributed by atoms with E-state index in [4.69, 9.17) is 4.74 Å². The molecule has 1 aliphatic rings. The molecule has 25 heavy (non-hydrogen) atoms. The van der Waals surface area contributed by atoms with Gasteiger partial charge in [0.1, 0.15) is 6.61 Å². The molecule has 138 valence electrons. The lowest BCUT2D eigenvalue weighted by Gasteiger charge is -2.18. The molecule has 0 spiro atoms. The van der Waals surface area contributed by atoms with Crippen LogP contribution < -0.4 is 0 Å². The molecule has 0 amide bonds. The number of rotatable bonds is 8. The molecule has 2 unspecified atom stereocenters. The van der Waals surface area contributed by atoms with E-state index in [1.54, 1.807) is 25.3 Å². The van der Waals surface area contributed by atoms with E-state index in [0.717, 1.165) is 11.3 Å². The van der Waals surface area contributed by atoms with Crippen molar-refractivity contribution in [1.82, 2.24) is 0 Å². The van der Waals surface area contributed by atoms with E-state index in [0.29, 0.717) is 18.3 Å². The maximum Gasteiger partial charge on any atom is 0.293 e. The van der Waals surface area contributed by atoms with Crippen molar-refractivity contribution in [2.75, 3.05) is 13.7 Å². The second-order valence-electron chi connectivity index (χ2n) is 6.15. The van der Waals surface area contributed by atoms with Gasteiger partial charge in [0, 0.05) is 0 Å². The molecular weight excluding hydrogens is 312 g/mol. The van der Waals surface area contributed by atoms with E-state index < -0.39 is 0 Å². The first-order chi connectivity index (χ1) is 11.9. The topological polar surface area (TPSA) is 35.5 Å². The van der Waals surface area contributed by atoms with Crippen molar-refractivity contribution in [2.24, 2.45) is 11.8 Å². The van der Waals surface area contributed by atoms with Crippen molar-refractivity contribution in [2.45, 2.75) is 34.1 Å². The lowest BCUT2D eigenvalue weighted by atomic mass is 9.87. The number of carbonyl (C=O) groups excluding carboxylic acids is 1. The molecule has 0 bridgehead atoms. The Labute approximate surface area is 153 Å². The highest BCUT2D eigenvalue weighted by Gasteiger charge is 2.11. The van der Waals surface area contributed by atoms with Crippen LogP contribution in [0.3, 0.4) is 0 Å². The number of carbonyl (C=O) groups is 1. The third kappa shape index (κ3) is 11.8. The molecule has 1 aliphatic carbocycles. The van der Waals surface area contributed by atoms with Gasteiger partial charge in [-0.05, 0) is 50.7 Å². The van der Waals surface area contributed by atoms with Crippen LogP contribution in [0.4, 0.5) is 0 Å². The zero-order chi connectivity index (χ0) is 19.1. The van der Waals surface area contributed by atoms with Crippen LogP contribution in [0, 0.1) is 11.8 Å². The van der Waals surface area contributed by atoms with Gasteiger partial charge in [-0.25, -0.2) is 0 Å². The van der Waals surface area contributed by atoms with Crippen molar-refractivity contribution >= 4 is 6.47 Å². The van der Waals surface area contributed by atoms with E-state index in [9.17, 15) is 4.79 Å². The molecule has 0 radical (unpaired) electrons. The molecule has 0 aliphatic heterocycles. The van der Waals surface area contributed by atoms with Gasteiger partial charge in [-0.3, -0.25) is 4.79 Å². The lowest BCUT2D eigenvalue weighted by molar-refractivity contribution is -0.127. The van der Waals surface area contributed by atoms with E-state index in [-0.39, 0.29) is 6.61 Å². The van der Waals surface area contributed by atoms with Crippen molar-refractivity contribution < 1.29 is 14.3 Å². The molecule has 0 saturated heterocycles. The van der Waals surface area contributed by atoms with Crippen LogP contribution >= 0.6 is 0 Å². The number of allylic oxidation sites excluding steroid dienone is 9. The summed E-state index contributed by atoms with van der Waals surface area (Å²) >= 11 is 0. The SMILES string of the molecule is C=C/C(=C\C=C(/C)OC)COC=O.CC(C)=CC(C)C1C=CC=CC1. The third-order valence-corrected chi connectivity index (χ3v) is 3.72. The Morgan fingerprint density at radius 1 is 1.28 bits per heavy atom. The average Bonchev–Trinajstić information content (AvgIpc) is 2.62. The monoisotopic (exact) mass is 344 g/mol. The molecule has 0 aromatic carbocycles. The van der Waals surface area contributed by atoms with Gasteiger partial charge in [-0.2, -0.15) is 0 Å². The fourth-order valence-electron chi connectivity index (χ4n) is 2.24. The van der Waals surface area contributed by atoms with E-state index >= 15 is 0 Å². The van der Waals surface area contributed by atoms with E-state index in [2.05, 4.69) is 62.5 Å². The van der Waals surface area contributed by atoms with Crippen LogP contribution in [-0.2, 0) is 14.3 Å².